The van der Waals surface area contributed by atoms with Gasteiger partial charge in [0.15, 0.2) is 11.5 Å². The zero-order valence-corrected chi connectivity index (χ0v) is 23.1. The highest BCUT2D eigenvalue weighted by Gasteiger charge is 2.34. The van der Waals surface area contributed by atoms with E-state index in [-0.39, 0.29) is 12.5 Å². The Kier molecular flexibility index (Phi) is 7.55. The van der Waals surface area contributed by atoms with Gasteiger partial charge in [0.1, 0.15) is 29.4 Å². The van der Waals surface area contributed by atoms with Crippen molar-refractivity contribution in [3.63, 3.8) is 0 Å². The first-order chi connectivity index (χ1) is 19.3. The highest BCUT2D eigenvalue weighted by Crippen LogP contribution is 2.39. The molecule has 9 nitrogen and oxygen atoms in total. The molecule has 0 unspecified atom stereocenters. The summed E-state index contributed by atoms with van der Waals surface area (Å²) in [4.78, 5) is 27.7. The Hall–Kier alpha value is -4.66. The summed E-state index contributed by atoms with van der Waals surface area (Å²) in [5.41, 5.74) is 3.22. The molecule has 3 aromatic carbocycles. The van der Waals surface area contributed by atoms with Crippen LogP contribution in [0.1, 0.15) is 33.1 Å². The second-order valence-electron chi connectivity index (χ2n) is 9.49. The third kappa shape index (κ3) is 5.14. The lowest BCUT2D eigenvalue weighted by Gasteiger charge is -2.37. The summed E-state index contributed by atoms with van der Waals surface area (Å²) in [7, 11) is 6.27. The van der Waals surface area contributed by atoms with E-state index >= 15 is 0 Å². The topological polar surface area (TPSA) is 96.7 Å². The molecule has 0 bridgehead atoms. The van der Waals surface area contributed by atoms with Gasteiger partial charge in [0.25, 0.3) is 5.91 Å². The van der Waals surface area contributed by atoms with Crippen molar-refractivity contribution in [1.82, 2.24) is 4.90 Å². The minimum atomic E-state index is -0.450. The predicted molar refractivity (Wildman–Crippen MR) is 149 cm³/mol. The van der Waals surface area contributed by atoms with Gasteiger partial charge >= 0.3 is 5.63 Å². The Bertz CT molecular complexity index is 1600. The van der Waals surface area contributed by atoms with Crippen LogP contribution in [-0.4, -0.2) is 52.4 Å². The van der Waals surface area contributed by atoms with Gasteiger partial charge in [0, 0.05) is 35.7 Å². The Labute approximate surface area is 231 Å². The molecule has 0 spiro atoms. The van der Waals surface area contributed by atoms with E-state index in [4.69, 9.17) is 28.1 Å². The molecule has 0 aliphatic carbocycles. The maximum absolute atomic E-state index is 13.9. The second kappa shape index (κ2) is 11.2. The van der Waals surface area contributed by atoms with Crippen molar-refractivity contribution >= 4 is 16.9 Å². The number of ether oxygens (including phenoxy) is 5. The fraction of sp³-hybridized carbons (Fsp3) is 0.290. The van der Waals surface area contributed by atoms with E-state index in [0.29, 0.717) is 52.9 Å². The molecule has 1 aliphatic heterocycles. The van der Waals surface area contributed by atoms with Gasteiger partial charge in [-0.3, -0.25) is 4.79 Å². The molecule has 1 amide bonds. The van der Waals surface area contributed by atoms with E-state index in [9.17, 15) is 9.59 Å². The van der Waals surface area contributed by atoms with E-state index in [1.807, 2.05) is 31.2 Å². The lowest BCUT2D eigenvalue weighted by atomic mass is 9.91. The fourth-order valence-electron chi connectivity index (χ4n) is 5.12. The third-order valence-electron chi connectivity index (χ3n) is 7.19. The van der Waals surface area contributed by atoms with E-state index in [1.54, 1.807) is 57.6 Å². The van der Waals surface area contributed by atoms with Gasteiger partial charge in [0.2, 0.25) is 0 Å². The van der Waals surface area contributed by atoms with E-state index in [0.717, 1.165) is 22.1 Å². The summed E-state index contributed by atoms with van der Waals surface area (Å²) in [6.45, 7) is 2.47. The minimum absolute atomic E-state index is 0.150. The van der Waals surface area contributed by atoms with Crippen LogP contribution >= 0.6 is 0 Å². The lowest BCUT2D eigenvalue weighted by Crippen LogP contribution is -2.42. The highest BCUT2D eigenvalue weighted by atomic mass is 16.5. The number of aryl methyl sites for hydroxylation is 1. The number of rotatable bonds is 8. The first-order valence-corrected chi connectivity index (χ1v) is 12.8. The number of amides is 1. The Balaban J connectivity index is 1.53. The Morgan fingerprint density at radius 1 is 0.875 bits per heavy atom. The fourth-order valence-corrected chi connectivity index (χ4v) is 5.12. The van der Waals surface area contributed by atoms with Crippen LogP contribution in [0.5, 0.6) is 28.7 Å². The molecule has 2 heterocycles. The standard InChI is InChI=1S/C31H31NO8/c1-18-10-30(33)40-27-15-21(6-7-24(18)27)39-17-26-25-16-29(38-5)28(37-4)13-19(25)8-9-32(26)31(34)20-11-22(35-2)14-23(12-20)36-3/h6-7,10-16,26H,8-9,17H2,1-5H3/t26-/m1/s1. The number of nitrogens with zero attached hydrogens (tertiary/aromatic N) is 1. The van der Waals surface area contributed by atoms with Crippen LogP contribution in [0.4, 0.5) is 0 Å². The van der Waals surface area contributed by atoms with E-state index in [1.165, 1.54) is 6.07 Å². The van der Waals surface area contributed by atoms with Crippen LogP contribution in [0.2, 0.25) is 0 Å². The van der Waals surface area contributed by atoms with Crippen molar-refractivity contribution in [1.29, 1.82) is 0 Å². The van der Waals surface area contributed by atoms with Crippen LogP contribution in [0, 0.1) is 6.92 Å². The predicted octanol–water partition coefficient (Wildman–Crippen LogP) is 4.95. The number of benzene rings is 3. The number of carbonyl (C=O) groups excluding carboxylic acids is 1. The van der Waals surface area contributed by atoms with Gasteiger partial charge in [-0.2, -0.15) is 0 Å². The monoisotopic (exact) mass is 545 g/mol. The van der Waals surface area contributed by atoms with Gasteiger partial charge in [-0.15, -0.1) is 0 Å². The molecule has 5 rings (SSSR count). The quantitative estimate of drug-likeness (QED) is 0.287. The summed E-state index contributed by atoms with van der Waals surface area (Å²) in [6, 6.07) is 15.3. The molecule has 1 aromatic heterocycles. The average molecular weight is 546 g/mol. The SMILES string of the molecule is COc1cc(OC)cc(C(=O)N2CCc3cc(OC)c(OC)cc3[C@H]2COc2ccc3c(C)cc(=O)oc3c2)c1. The molecule has 0 N–H and O–H groups in total. The summed E-state index contributed by atoms with van der Waals surface area (Å²) < 4.78 is 33.5. The van der Waals surface area contributed by atoms with Crippen molar-refractivity contribution in [3.05, 3.63) is 87.3 Å². The Morgan fingerprint density at radius 3 is 2.25 bits per heavy atom. The molecule has 40 heavy (non-hydrogen) atoms. The smallest absolute Gasteiger partial charge is 0.336 e. The van der Waals surface area contributed by atoms with Crippen LogP contribution in [0.15, 0.2) is 63.8 Å². The first-order valence-electron chi connectivity index (χ1n) is 12.8. The third-order valence-corrected chi connectivity index (χ3v) is 7.19. The summed E-state index contributed by atoms with van der Waals surface area (Å²) in [5.74, 6) is 2.56. The van der Waals surface area contributed by atoms with Crippen LogP contribution in [0.25, 0.3) is 11.0 Å². The van der Waals surface area contributed by atoms with Crippen molar-refractivity contribution in [2.45, 2.75) is 19.4 Å². The maximum Gasteiger partial charge on any atom is 0.336 e. The number of fused-ring (bicyclic) bond motifs is 2. The molecule has 0 saturated heterocycles. The van der Waals surface area contributed by atoms with Gasteiger partial charge in [-0.1, -0.05) is 0 Å². The molecule has 208 valence electrons. The molecular formula is C31H31NO8. The van der Waals surface area contributed by atoms with Gasteiger partial charge in [-0.05, 0) is 66.4 Å². The van der Waals surface area contributed by atoms with E-state index < -0.39 is 11.7 Å². The van der Waals surface area contributed by atoms with Gasteiger partial charge in [-0.25, -0.2) is 4.79 Å². The molecule has 1 atom stereocenters. The normalized spacial score (nSPS) is 14.4. The Morgan fingerprint density at radius 2 is 1.57 bits per heavy atom. The highest BCUT2D eigenvalue weighted by molar-refractivity contribution is 5.95. The summed E-state index contributed by atoms with van der Waals surface area (Å²) >= 11 is 0. The van der Waals surface area contributed by atoms with Crippen LogP contribution in [0.3, 0.4) is 0 Å². The zero-order chi connectivity index (χ0) is 28.4. The van der Waals surface area contributed by atoms with Crippen LogP contribution in [-0.2, 0) is 6.42 Å². The summed E-state index contributed by atoms with van der Waals surface area (Å²) in [6.07, 6.45) is 0.624. The zero-order valence-electron chi connectivity index (χ0n) is 23.1. The largest absolute Gasteiger partial charge is 0.497 e. The number of hydrogen-bond acceptors (Lipinski definition) is 8. The average Bonchev–Trinajstić information content (AvgIpc) is 2.97. The first kappa shape index (κ1) is 26.9. The van der Waals surface area contributed by atoms with Crippen molar-refractivity contribution in [2.75, 3.05) is 41.6 Å². The lowest BCUT2D eigenvalue weighted by molar-refractivity contribution is 0.0588. The second-order valence-corrected chi connectivity index (χ2v) is 9.49. The summed E-state index contributed by atoms with van der Waals surface area (Å²) in [5, 5.41) is 0.829. The molecule has 4 aromatic rings. The van der Waals surface area contributed by atoms with Gasteiger partial charge in [0.05, 0.1) is 34.5 Å². The van der Waals surface area contributed by atoms with Crippen molar-refractivity contribution in [3.8, 4) is 28.7 Å². The van der Waals surface area contributed by atoms with Crippen LogP contribution < -0.4 is 29.3 Å². The molecule has 9 heteroatoms. The van der Waals surface area contributed by atoms with Gasteiger partial charge < -0.3 is 33.0 Å². The molecule has 0 fully saturated rings. The number of methoxy groups -OCH3 is 4. The molecule has 1 aliphatic rings. The number of carbonyl (C=O) groups is 1. The molecule has 0 radical (unpaired) electrons. The van der Waals surface area contributed by atoms with Crippen molar-refractivity contribution in [2.24, 2.45) is 0 Å². The minimum Gasteiger partial charge on any atom is -0.497 e. The van der Waals surface area contributed by atoms with E-state index in [2.05, 4.69) is 0 Å². The molecule has 0 saturated carbocycles. The molecular weight excluding hydrogens is 514 g/mol. The van der Waals surface area contributed by atoms with Crippen molar-refractivity contribution < 1.29 is 32.9 Å². The maximum atomic E-state index is 13.9. The number of hydrogen-bond donors (Lipinski definition) is 0.